The molecule has 0 saturated carbocycles. The number of carboxylic acids is 1. The van der Waals surface area contributed by atoms with E-state index in [0.29, 0.717) is 23.8 Å². The third-order valence-electron chi connectivity index (χ3n) is 2.50. The fourth-order valence-electron chi connectivity index (χ4n) is 1.63. The molecule has 19 heavy (non-hydrogen) atoms. The molecule has 0 saturated heterocycles. The van der Waals surface area contributed by atoms with Crippen LogP contribution in [0.25, 0.3) is 0 Å². The van der Waals surface area contributed by atoms with Crippen LogP contribution in [-0.4, -0.2) is 36.2 Å². The Morgan fingerprint density at radius 1 is 1.53 bits per heavy atom. The molecule has 2 aromatic heterocycles. The molecule has 0 aliphatic heterocycles. The van der Waals surface area contributed by atoms with Crippen LogP contribution >= 0.6 is 0 Å². The fraction of sp³-hybridized carbons (Fsp3) is 0.500. The Bertz CT molecular complexity index is 576. The molecule has 0 aliphatic carbocycles. The molecule has 0 aliphatic rings. The average molecular weight is 266 g/mol. The Morgan fingerprint density at radius 2 is 2.32 bits per heavy atom. The zero-order valence-electron chi connectivity index (χ0n) is 10.4. The first-order valence-electron chi connectivity index (χ1n) is 5.82. The predicted octanol–water partition coefficient (Wildman–Crippen LogP) is -0.181. The van der Waals surface area contributed by atoms with Gasteiger partial charge in [0, 0.05) is 13.0 Å². The molecular weight excluding hydrogens is 252 g/mol. The number of aryl methyl sites for hydroxylation is 1. The van der Waals surface area contributed by atoms with Gasteiger partial charge in [0.15, 0.2) is 11.5 Å². The number of nitrogens with zero attached hydrogens (tertiary/aromatic N) is 5. The summed E-state index contributed by atoms with van der Waals surface area (Å²) in [7, 11) is 0. The number of hydrogen-bond acceptors (Lipinski definition) is 7. The maximum absolute atomic E-state index is 10.9. The molecule has 0 aromatic carbocycles. The van der Waals surface area contributed by atoms with Crippen LogP contribution in [0.1, 0.15) is 41.2 Å². The van der Waals surface area contributed by atoms with Crippen LogP contribution in [0.2, 0.25) is 0 Å². The Hall–Kier alpha value is -2.29. The molecule has 102 valence electrons. The third kappa shape index (κ3) is 2.76. The summed E-state index contributed by atoms with van der Waals surface area (Å²) in [5.41, 5.74) is 5.69. The van der Waals surface area contributed by atoms with Crippen molar-refractivity contribution in [1.82, 2.24) is 25.1 Å². The van der Waals surface area contributed by atoms with Gasteiger partial charge in [0.25, 0.3) is 0 Å². The number of hydrogen-bond donors (Lipinski definition) is 2. The second-order valence-electron chi connectivity index (χ2n) is 3.91. The summed E-state index contributed by atoms with van der Waals surface area (Å²) in [5, 5.41) is 20.0. The largest absolute Gasteiger partial charge is 0.476 e. The van der Waals surface area contributed by atoms with Crippen molar-refractivity contribution >= 4 is 5.97 Å². The monoisotopic (exact) mass is 266 g/mol. The second kappa shape index (κ2) is 5.57. The van der Waals surface area contributed by atoms with E-state index >= 15 is 0 Å². The van der Waals surface area contributed by atoms with Crippen molar-refractivity contribution in [3.05, 3.63) is 23.1 Å². The fourth-order valence-corrected chi connectivity index (χ4v) is 1.63. The van der Waals surface area contributed by atoms with E-state index in [1.807, 2.05) is 6.92 Å². The van der Waals surface area contributed by atoms with E-state index in [1.165, 1.54) is 4.68 Å². The minimum Gasteiger partial charge on any atom is -0.476 e. The molecule has 2 heterocycles. The van der Waals surface area contributed by atoms with Crippen LogP contribution in [0.5, 0.6) is 0 Å². The number of carbonyl (C=O) groups is 1. The van der Waals surface area contributed by atoms with E-state index in [2.05, 4.69) is 20.5 Å². The predicted molar refractivity (Wildman–Crippen MR) is 62.3 cm³/mol. The van der Waals surface area contributed by atoms with Crippen molar-refractivity contribution in [2.45, 2.75) is 32.9 Å². The molecule has 3 N–H and O–H groups in total. The van der Waals surface area contributed by atoms with Crippen LogP contribution in [0, 0.1) is 0 Å². The van der Waals surface area contributed by atoms with Gasteiger partial charge in [0.2, 0.25) is 5.89 Å². The van der Waals surface area contributed by atoms with Crippen molar-refractivity contribution in [1.29, 1.82) is 0 Å². The van der Waals surface area contributed by atoms with Crippen molar-refractivity contribution in [2.75, 3.05) is 0 Å². The lowest BCUT2D eigenvalue weighted by Gasteiger charge is -2.00. The topological polar surface area (TPSA) is 133 Å². The summed E-state index contributed by atoms with van der Waals surface area (Å²) in [4.78, 5) is 15.1. The highest BCUT2D eigenvalue weighted by Crippen LogP contribution is 2.08. The SMILES string of the molecule is CCCc1nc(Cn2nnc(C(=O)O)c2CN)no1. The molecule has 0 radical (unpaired) electrons. The zero-order valence-corrected chi connectivity index (χ0v) is 10.4. The Morgan fingerprint density at radius 3 is 2.95 bits per heavy atom. The standard InChI is InChI=1S/C10H14N6O3/c1-2-3-8-12-7(14-19-8)5-16-6(4-11)9(10(17)18)13-15-16/h2-5,11H2,1H3,(H,17,18). The molecule has 0 fully saturated rings. The van der Waals surface area contributed by atoms with Crippen LogP contribution < -0.4 is 5.73 Å². The smallest absolute Gasteiger partial charge is 0.358 e. The van der Waals surface area contributed by atoms with Gasteiger partial charge in [-0.05, 0) is 6.42 Å². The summed E-state index contributed by atoms with van der Waals surface area (Å²) in [6, 6.07) is 0. The first-order valence-corrected chi connectivity index (χ1v) is 5.82. The maximum Gasteiger partial charge on any atom is 0.358 e. The van der Waals surface area contributed by atoms with Crippen LogP contribution in [0.4, 0.5) is 0 Å². The van der Waals surface area contributed by atoms with Gasteiger partial charge in [0.1, 0.15) is 6.54 Å². The van der Waals surface area contributed by atoms with Gasteiger partial charge >= 0.3 is 5.97 Å². The summed E-state index contributed by atoms with van der Waals surface area (Å²) in [6.45, 7) is 2.21. The van der Waals surface area contributed by atoms with Gasteiger partial charge in [-0.1, -0.05) is 17.3 Å². The quantitative estimate of drug-likeness (QED) is 0.735. The lowest BCUT2D eigenvalue weighted by molar-refractivity contribution is 0.0689. The van der Waals surface area contributed by atoms with Crippen molar-refractivity contribution in [2.24, 2.45) is 5.73 Å². The summed E-state index contributed by atoms with van der Waals surface area (Å²) in [6.07, 6.45) is 1.61. The normalized spacial score (nSPS) is 10.8. The van der Waals surface area contributed by atoms with Crippen molar-refractivity contribution < 1.29 is 14.4 Å². The highest BCUT2D eigenvalue weighted by Gasteiger charge is 2.19. The molecule has 0 bridgehead atoms. The molecule has 0 amide bonds. The first kappa shape index (κ1) is 13.1. The Balaban J connectivity index is 2.20. The number of nitrogens with two attached hydrogens (primary N) is 1. The highest BCUT2D eigenvalue weighted by atomic mass is 16.5. The van der Waals surface area contributed by atoms with Crippen molar-refractivity contribution in [3.63, 3.8) is 0 Å². The van der Waals surface area contributed by atoms with Gasteiger partial charge in [-0.3, -0.25) is 0 Å². The number of aromatic nitrogens is 5. The third-order valence-corrected chi connectivity index (χ3v) is 2.50. The minimum atomic E-state index is -1.16. The molecule has 2 rings (SSSR count). The molecule has 0 spiro atoms. The van der Waals surface area contributed by atoms with E-state index in [0.717, 1.165) is 6.42 Å². The number of rotatable bonds is 6. The molecule has 0 atom stereocenters. The summed E-state index contributed by atoms with van der Waals surface area (Å²) < 4.78 is 6.40. The van der Waals surface area contributed by atoms with Crippen LogP contribution in [0.15, 0.2) is 4.52 Å². The molecule has 2 aromatic rings. The minimum absolute atomic E-state index is 0.0221. The van der Waals surface area contributed by atoms with Gasteiger partial charge in [-0.15, -0.1) is 5.10 Å². The lowest BCUT2D eigenvalue weighted by atomic mass is 10.3. The molecular formula is C10H14N6O3. The summed E-state index contributed by atoms with van der Waals surface area (Å²) >= 11 is 0. The van der Waals surface area contributed by atoms with Crippen LogP contribution in [-0.2, 0) is 19.5 Å². The molecule has 9 nitrogen and oxygen atoms in total. The van der Waals surface area contributed by atoms with Gasteiger partial charge in [-0.25, -0.2) is 9.48 Å². The molecule has 9 heteroatoms. The molecule has 0 unspecified atom stereocenters. The van der Waals surface area contributed by atoms with E-state index in [-0.39, 0.29) is 18.8 Å². The lowest BCUT2D eigenvalue weighted by Crippen LogP contribution is -2.13. The van der Waals surface area contributed by atoms with Crippen molar-refractivity contribution in [3.8, 4) is 0 Å². The first-order chi connectivity index (χ1) is 9.15. The zero-order chi connectivity index (χ0) is 13.8. The highest BCUT2D eigenvalue weighted by molar-refractivity contribution is 5.86. The Kier molecular flexibility index (Phi) is 3.85. The van der Waals surface area contributed by atoms with E-state index in [4.69, 9.17) is 15.4 Å². The number of carboxylic acid groups (broad SMARTS) is 1. The van der Waals surface area contributed by atoms with E-state index < -0.39 is 5.97 Å². The number of aromatic carboxylic acids is 1. The second-order valence-corrected chi connectivity index (χ2v) is 3.91. The van der Waals surface area contributed by atoms with Gasteiger partial charge in [-0.2, -0.15) is 4.98 Å². The maximum atomic E-state index is 10.9. The summed E-state index contributed by atoms with van der Waals surface area (Å²) in [5.74, 6) is -0.197. The van der Waals surface area contributed by atoms with Gasteiger partial charge in [0.05, 0.1) is 5.69 Å². The average Bonchev–Trinajstić information content (AvgIpc) is 2.97. The van der Waals surface area contributed by atoms with Crippen LogP contribution in [0.3, 0.4) is 0 Å². The van der Waals surface area contributed by atoms with E-state index in [9.17, 15) is 4.79 Å². The van der Waals surface area contributed by atoms with E-state index in [1.54, 1.807) is 0 Å². The Labute approximate surface area is 108 Å². The van der Waals surface area contributed by atoms with Gasteiger partial charge < -0.3 is 15.4 Å².